The van der Waals surface area contributed by atoms with Crippen molar-refractivity contribution in [3.8, 4) is 0 Å². The second-order valence-corrected chi connectivity index (χ2v) is 8.06. The molecule has 4 aliphatic rings. The molecule has 29 heavy (non-hydrogen) atoms. The lowest BCUT2D eigenvalue weighted by Gasteiger charge is -2.40. The molecule has 2 bridgehead atoms. The van der Waals surface area contributed by atoms with Gasteiger partial charge in [-0.15, -0.1) is 0 Å². The molecule has 1 aromatic rings. The van der Waals surface area contributed by atoms with Crippen molar-refractivity contribution in [2.75, 3.05) is 18.2 Å². The number of fused-ring (bicyclic) bond motifs is 3. The third-order valence-electron chi connectivity index (χ3n) is 6.04. The van der Waals surface area contributed by atoms with Crippen molar-refractivity contribution in [3.63, 3.8) is 0 Å². The molecule has 1 aromatic carbocycles. The van der Waals surface area contributed by atoms with Crippen LogP contribution in [0.3, 0.4) is 0 Å². The number of anilines is 1. The predicted octanol–water partition coefficient (Wildman–Crippen LogP) is 1.33. The Labute approximate surface area is 165 Å². The summed E-state index contributed by atoms with van der Waals surface area (Å²) >= 11 is 0. The van der Waals surface area contributed by atoms with Gasteiger partial charge in [0.05, 0.1) is 29.5 Å². The fourth-order valence-electron chi connectivity index (χ4n) is 4.74. The fourth-order valence-corrected chi connectivity index (χ4v) is 4.74. The first-order valence-electron chi connectivity index (χ1n) is 9.60. The Kier molecular flexibility index (Phi) is 4.18. The van der Waals surface area contributed by atoms with Gasteiger partial charge in [-0.05, 0) is 43.5 Å². The molecule has 3 N–H and O–H groups in total. The molecule has 0 radical (unpaired) electrons. The zero-order valence-electron chi connectivity index (χ0n) is 16.0. The van der Waals surface area contributed by atoms with Crippen molar-refractivity contribution < 1.29 is 22.7 Å². The Morgan fingerprint density at radius 2 is 1.93 bits per heavy atom. The number of hydrogen-bond acceptors (Lipinski definition) is 6. The minimum absolute atomic E-state index is 0.195. The van der Waals surface area contributed by atoms with Gasteiger partial charge in [-0.2, -0.15) is 13.2 Å². The van der Waals surface area contributed by atoms with Crippen LogP contribution >= 0.6 is 0 Å². The number of halogens is 3. The second kappa shape index (κ2) is 6.43. The van der Waals surface area contributed by atoms with E-state index in [1.165, 1.54) is 0 Å². The summed E-state index contributed by atoms with van der Waals surface area (Å²) in [5.74, 6) is -0.195. The van der Waals surface area contributed by atoms with Crippen molar-refractivity contribution in [1.82, 2.24) is 21.0 Å². The lowest BCUT2D eigenvalue weighted by Crippen LogP contribution is -2.68. The number of benzene rings is 1. The number of nitrogens with zero attached hydrogens (tertiary/aromatic N) is 2. The van der Waals surface area contributed by atoms with Crippen LogP contribution < -0.4 is 21.1 Å². The number of alkyl halides is 3. The van der Waals surface area contributed by atoms with Crippen LogP contribution in [0.25, 0.3) is 0 Å². The lowest BCUT2D eigenvalue weighted by atomic mass is 10.0. The highest BCUT2D eigenvalue weighted by atomic mass is 19.4. The summed E-state index contributed by atoms with van der Waals surface area (Å²) in [4.78, 5) is 14.9. The number of nitrogens with one attached hydrogen (secondary N) is 3. The average molecular weight is 409 g/mol. The number of ether oxygens (including phenoxy) is 1. The number of amides is 1. The highest BCUT2D eigenvalue weighted by Crippen LogP contribution is 2.36. The van der Waals surface area contributed by atoms with Gasteiger partial charge in [0, 0.05) is 18.8 Å². The van der Waals surface area contributed by atoms with Crippen molar-refractivity contribution in [2.24, 2.45) is 0 Å². The molecule has 1 amide bonds. The maximum atomic E-state index is 13.1. The monoisotopic (exact) mass is 409 g/mol. The van der Waals surface area contributed by atoms with Gasteiger partial charge in [-0.25, -0.2) is 5.43 Å². The number of morpholine rings is 1. The van der Waals surface area contributed by atoms with Gasteiger partial charge in [0.25, 0.3) is 5.91 Å². The zero-order valence-corrected chi connectivity index (χ0v) is 16.0. The molecule has 10 heteroatoms. The third-order valence-corrected chi connectivity index (χ3v) is 6.04. The van der Waals surface area contributed by atoms with E-state index < -0.39 is 17.9 Å². The van der Waals surface area contributed by atoms with E-state index in [2.05, 4.69) is 21.0 Å². The minimum Gasteiger partial charge on any atom is -0.375 e. The van der Waals surface area contributed by atoms with Crippen LogP contribution in [0.15, 0.2) is 23.9 Å². The average Bonchev–Trinajstić information content (AvgIpc) is 3.35. The lowest BCUT2D eigenvalue weighted by molar-refractivity contribution is -0.137. The predicted molar refractivity (Wildman–Crippen MR) is 98.3 cm³/mol. The molecule has 0 spiro atoms. The molecule has 0 aromatic heterocycles. The van der Waals surface area contributed by atoms with Gasteiger partial charge in [0.15, 0.2) is 0 Å². The summed E-state index contributed by atoms with van der Waals surface area (Å²) in [7, 11) is 0. The van der Waals surface area contributed by atoms with Crippen LogP contribution in [0.2, 0.25) is 0 Å². The van der Waals surface area contributed by atoms with Crippen molar-refractivity contribution >= 4 is 11.6 Å². The third kappa shape index (κ3) is 3.10. The summed E-state index contributed by atoms with van der Waals surface area (Å²) in [6, 6.07) is 2.53. The highest BCUT2D eigenvalue weighted by Gasteiger charge is 2.46. The highest BCUT2D eigenvalue weighted by molar-refractivity contribution is 5.97. The topological polar surface area (TPSA) is 68.9 Å². The number of carbonyl (C=O) groups excluding carboxylic acids is 1. The maximum Gasteiger partial charge on any atom is 0.416 e. The first kappa shape index (κ1) is 18.9. The van der Waals surface area contributed by atoms with Crippen LogP contribution in [-0.2, 0) is 15.7 Å². The molecular formula is C19H22F3N5O2. The molecule has 7 nitrogen and oxygen atoms in total. The van der Waals surface area contributed by atoms with Crippen LogP contribution in [0.1, 0.15) is 23.1 Å². The van der Waals surface area contributed by atoms with Gasteiger partial charge in [-0.1, -0.05) is 0 Å². The number of rotatable bonds is 2. The Balaban J connectivity index is 1.38. The Morgan fingerprint density at radius 1 is 1.21 bits per heavy atom. The Bertz CT molecular complexity index is 879. The van der Waals surface area contributed by atoms with E-state index in [0.717, 1.165) is 25.1 Å². The molecular weight excluding hydrogens is 387 g/mol. The molecule has 4 aliphatic heterocycles. The molecule has 0 saturated carbocycles. The van der Waals surface area contributed by atoms with E-state index in [9.17, 15) is 18.0 Å². The largest absolute Gasteiger partial charge is 0.416 e. The quantitative estimate of drug-likeness (QED) is 0.685. The van der Waals surface area contributed by atoms with E-state index in [-0.39, 0.29) is 24.3 Å². The summed E-state index contributed by atoms with van der Waals surface area (Å²) < 4.78 is 44.9. The van der Waals surface area contributed by atoms with Gasteiger partial charge < -0.3 is 10.1 Å². The zero-order chi connectivity index (χ0) is 20.5. The first-order chi connectivity index (χ1) is 13.7. The van der Waals surface area contributed by atoms with Gasteiger partial charge in [0.1, 0.15) is 12.5 Å². The Morgan fingerprint density at radius 3 is 2.52 bits per heavy atom. The number of carbonyl (C=O) groups is 1. The van der Waals surface area contributed by atoms with Crippen LogP contribution in [0.5, 0.6) is 0 Å². The molecule has 156 valence electrons. The number of likely N-dealkylation sites (tertiary alicyclic amines) is 1. The number of hydrogen-bond donors (Lipinski definition) is 3. The molecule has 4 heterocycles. The van der Waals surface area contributed by atoms with E-state index in [4.69, 9.17) is 4.74 Å². The summed E-state index contributed by atoms with van der Waals surface area (Å²) in [5, 5.41) is 8.00. The molecule has 0 aliphatic carbocycles. The second-order valence-electron chi connectivity index (χ2n) is 8.06. The fraction of sp³-hybridized carbons (Fsp3) is 0.526. The summed E-state index contributed by atoms with van der Waals surface area (Å²) in [6.07, 6.45) is -2.32. The van der Waals surface area contributed by atoms with Crippen molar-refractivity contribution in [3.05, 3.63) is 40.6 Å². The molecule has 4 atom stereocenters. The van der Waals surface area contributed by atoms with Gasteiger partial charge in [0.2, 0.25) is 0 Å². The van der Waals surface area contributed by atoms with E-state index in [1.54, 1.807) is 25.1 Å². The van der Waals surface area contributed by atoms with Crippen molar-refractivity contribution in [2.45, 2.75) is 51.0 Å². The first-order valence-corrected chi connectivity index (χ1v) is 9.60. The van der Waals surface area contributed by atoms with Gasteiger partial charge >= 0.3 is 6.18 Å². The maximum absolute atomic E-state index is 13.1. The molecule has 3 saturated heterocycles. The van der Waals surface area contributed by atoms with Crippen molar-refractivity contribution in [1.29, 1.82) is 0 Å². The van der Waals surface area contributed by atoms with E-state index in [0.29, 0.717) is 29.0 Å². The van der Waals surface area contributed by atoms with E-state index in [1.807, 2.05) is 0 Å². The number of hydrazine groups is 1. The van der Waals surface area contributed by atoms with Crippen LogP contribution in [0.4, 0.5) is 18.9 Å². The minimum atomic E-state index is -4.40. The summed E-state index contributed by atoms with van der Waals surface area (Å²) in [5.41, 5.74) is 4.60. The van der Waals surface area contributed by atoms with Crippen LogP contribution in [0, 0.1) is 13.8 Å². The number of aryl methyl sites for hydroxylation is 2. The van der Waals surface area contributed by atoms with Crippen LogP contribution in [-0.4, -0.2) is 48.6 Å². The smallest absolute Gasteiger partial charge is 0.375 e. The molecule has 2 unspecified atom stereocenters. The Hall–Kier alpha value is -2.14. The molecule has 5 rings (SSSR count). The molecule has 3 fully saturated rings. The standard InChI is InChI=1S/C19H22F3N5O2/c1-9-3-11(19(20,21)22)4-10(2)15(9)27-7-14-16(25-27)23-18(24-17(14)28)26-6-13-5-12(26)8-29-13/h3-4,7,12-13,16,18,23,25H,5-6,8H2,1-2H3,(H,24,28)/t12-,13-,16?,18?/m0/s1. The SMILES string of the molecule is Cc1cc(C(F)(F)F)cc(C)c1N1C=C2C(=O)NC(N3C[C@@H]4C[C@H]3CO4)NC2N1. The summed E-state index contributed by atoms with van der Waals surface area (Å²) in [6.45, 7) is 4.69. The van der Waals surface area contributed by atoms with Gasteiger partial charge in [-0.3, -0.25) is 20.0 Å². The normalized spacial score (nSPS) is 31.8. The van der Waals surface area contributed by atoms with E-state index >= 15 is 0 Å².